The maximum absolute atomic E-state index is 5.22. The highest BCUT2D eigenvalue weighted by Gasteiger charge is 2.04. The third-order valence-corrected chi connectivity index (χ3v) is 2.76. The van der Waals surface area contributed by atoms with Crippen molar-refractivity contribution in [2.24, 2.45) is 0 Å². The first-order valence-corrected chi connectivity index (χ1v) is 5.20. The summed E-state index contributed by atoms with van der Waals surface area (Å²) < 4.78 is 7.28. The molecule has 0 saturated heterocycles. The Morgan fingerprint density at radius 1 is 1.19 bits per heavy atom. The molecule has 0 N–H and O–H groups in total. The number of rotatable bonds is 1. The highest BCUT2D eigenvalue weighted by molar-refractivity contribution is 5.81. The second kappa shape index (κ2) is 3.23. The van der Waals surface area contributed by atoms with Crippen molar-refractivity contribution in [1.29, 1.82) is 0 Å². The van der Waals surface area contributed by atoms with E-state index in [0.717, 1.165) is 22.4 Å². The number of ether oxygens (including phenoxy) is 1. The zero-order valence-corrected chi connectivity index (χ0v) is 9.27. The molecule has 0 saturated carbocycles. The molecule has 0 radical (unpaired) electrons. The fraction of sp³-hybridized carbons (Fsp3) is 0.154. The summed E-state index contributed by atoms with van der Waals surface area (Å²) >= 11 is 0. The van der Waals surface area contributed by atoms with Crippen LogP contribution in [0, 0.1) is 6.92 Å². The fourth-order valence-electron chi connectivity index (χ4n) is 1.92. The van der Waals surface area contributed by atoms with E-state index in [9.17, 15) is 0 Å². The molecule has 0 amide bonds. The van der Waals surface area contributed by atoms with E-state index < -0.39 is 0 Å². The Bertz CT molecular complexity index is 670. The van der Waals surface area contributed by atoms with Crippen molar-refractivity contribution < 1.29 is 4.74 Å². The third-order valence-electron chi connectivity index (χ3n) is 2.76. The van der Waals surface area contributed by atoms with E-state index in [1.807, 2.05) is 24.4 Å². The molecular weight excluding hydrogens is 200 g/mol. The standard InChI is InChI=1S/C13H12N2O/c1-9-3-5-11-12(7-9)15-8-10(16-2)4-6-13(15)14-11/h3-8H,1-2H3. The second-order valence-corrected chi connectivity index (χ2v) is 3.90. The van der Waals surface area contributed by atoms with Crippen LogP contribution in [0.5, 0.6) is 5.75 Å². The van der Waals surface area contributed by atoms with Gasteiger partial charge in [0, 0.05) is 0 Å². The van der Waals surface area contributed by atoms with Crippen LogP contribution in [-0.2, 0) is 0 Å². The van der Waals surface area contributed by atoms with Crippen molar-refractivity contribution in [2.75, 3.05) is 7.11 Å². The summed E-state index contributed by atoms with van der Waals surface area (Å²) in [7, 11) is 1.67. The fourth-order valence-corrected chi connectivity index (χ4v) is 1.92. The van der Waals surface area contributed by atoms with Gasteiger partial charge in [-0.2, -0.15) is 0 Å². The van der Waals surface area contributed by atoms with E-state index in [1.165, 1.54) is 5.56 Å². The number of imidazole rings is 1. The average Bonchev–Trinajstić information content (AvgIpc) is 2.66. The van der Waals surface area contributed by atoms with Gasteiger partial charge in [0.2, 0.25) is 0 Å². The molecule has 0 aliphatic rings. The Balaban J connectivity index is 2.44. The van der Waals surface area contributed by atoms with Gasteiger partial charge >= 0.3 is 0 Å². The lowest BCUT2D eigenvalue weighted by Crippen LogP contribution is -1.88. The quantitative estimate of drug-likeness (QED) is 0.620. The molecule has 0 bridgehead atoms. The number of hydrogen-bond acceptors (Lipinski definition) is 2. The van der Waals surface area contributed by atoms with Crippen LogP contribution in [0.2, 0.25) is 0 Å². The van der Waals surface area contributed by atoms with E-state index >= 15 is 0 Å². The van der Waals surface area contributed by atoms with E-state index in [-0.39, 0.29) is 0 Å². The summed E-state index contributed by atoms with van der Waals surface area (Å²) in [5.41, 5.74) is 4.31. The number of methoxy groups -OCH3 is 1. The Kier molecular flexibility index (Phi) is 1.86. The van der Waals surface area contributed by atoms with Crippen LogP contribution in [0.15, 0.2) is 36.5 Å². The predicted molar refractivity (Wildman–Crippen MR) is 64.0 cm³/mol. The third kappa shape index (κ3) is 1.25. The molecule has 80 valence electrons. The van der Waals surface area contributed by atoms with Crippen LogP contribution in [0.25, 0.3) is 16.7 Å². The summed E-state index contributed by atoms with van der Waals surface area (Å²) in [6.07, 6.45) is 1.96. The first-order chi connectivity index (χ1) is 7.78. The van der Waals surface area contributed by atoms with Crippen LogP contribution in [0.3, 0.4) is 0 Å². The monoisotopic (exact) mass is 212 g/mol. The number of benzene rings is 1. The predicted octanol–water partition coefficient (Wildman–Crippen LogP) is 2.80. The SMILES string of the molecule is COc1ccc2nc3ccc(C)cc3n2c1. The number of aryl methyl sites for hydroxylation is 1. The van der Waals surface area contributed by atoms with Crippen molar-refractivity contribution in [3.63, 3.8) is 0 Å². The minimum atomic E-state index is 0.841. The maximum Gasteiger partial charge on any atom is 0.138 e. The summed E-state index contributed by atoms with van der Waals surface area (Å²) in [5, 5.41) is 0. The second-order valence-electron chi connectivity index (χ2n) is 3.90. The lowest BCUT2D eigenvalue weighted by molar-refractivity contribution is 0.412. The van der Waals surface area contributed by atoms with Gasteiger partial charge in [-0.3, -0.25) is 4.40 Å². The molecule has 0 unspecified atom stereocenters. The van der Waals surface area contributed by atoms with Crippen LogP contribution in [0.4, 0.5) is 0 Å². The van der Waals surface area contributed by atoms with E-state index in [4.69, 9.17) is 4.74 Å². The molecule has 1 aromatic carbocycles. The molecule has 0 aliphatic heterocycles. The van der Waals surface area contributed by atoms with Gasteiger partial charge in [-0.05, 0) is 36.8 Å². The van der Waals surface area contributed by atoms with Gasteiger partial charge in [-0.15, -0.1) is 0 Å². The molecule has 3 heteroatoms. The van der Waals surface area contributed by atoms with E-state index in [1.54, 1.807) is 7.11 Å². The first-order valence-electron chi connectivity index (χ1n) is 5.20. The largest absolute Gasteiger partial charge is 0.495 e. The van der Waals surface area contributed by atoms with Crippen molar-refractivity contribution in [3.05, 3.63) is 42.1 Å². The number of fused-ring (bicyclic) bond motifs is 3. The number of aromatic nitrogens is 2. The Hall–Kier alpha value is -2.03. The summed E-state index contributed by atoms with van der Waals surface area (Å²) in [6.45, 7) is 2.08. The van der Waals surface area contributed by atoms with Gasteiger partial charge in [0.15, 0.2) is 0 Å². The molecule has 2 aromatic heterocycles. The van der Waals surface area contributed by atoms with Crippen molar-refractivity contribution in [3.8, 4) is 5.75 Å². The van der Waals surface area contributed by atoms with Crippen LogP contribution in [-0.4, -0.2) is 16.5 Å². The lowest BCUT2D eigenvalue weighted by Gasteiger charge is -2.01. The highest BCUT2D eigenvalue weighted by atomic mass is 16.5. The van der Waals surface area contributed by atoms with Crippen molar-refractivity contribution in [2.45, 2.75) is 6.92 Å². The molecule has 2 heterocycles. The molecule has 0 fully saturated rings. The zero-order chi connectivity index (χ0) is 11.1. The minimum Gasteiger partial charge on any atom is -0.495 e. The minimum absolute atomic E-state index is 0.841. The zero-order valence-electron chi connectivity index (χ0n) is 9.27. The van der Waals surface area contributed by atoms with Crippen LogP contribution >= 0.6 is 0 Å². The summed E-state index contributed by atoms with van der Waals surface area (Å²) in [4.78, 5) is 4.54. The molecule has 16 heavy (non-hydrogen) atoms. The molecule has 0 spiro atoms. The topological polar surface area (TPSA) is 26.5 Å². The average molecular weight is 212 g/mol. The highest BCUT2D eigenvalue weighted by Crippen LogP contribution is 2.20. The Labute approximate surface area is 93.3 Å². The van der Waals surface area contributed by atoms with E-state index in [0.29, 0.717) is 0 Å². The smallest absolute Gasteiger partial charge is 0.138 e. The molecule has 0 atom stereocenters. The summed E-state index contributed by atoms with van der Waals surface area (Å²) in [6, 6.07) is 10.1. The number of nitrogens with zero attached hydrogens (tertiary/aromatic N) is 2. The Morgan fingerprint density at radius 2 is 2.06 bits per heavy atom. The first kappa shape index (κ1) is 9.21. The Morgan fingerprint density at radius 3 is 2.88 bits per heavy atom. The summed E-state index contributed by atoms with van der Waals surface area (Å²) in [5.74, 6) is 0.841. The maximum atomic E-state index is 5.22. The molecule has 3 aromatic rings. The number of hydrogen-bond donors (Lipinski definition) is 0. The number of pyridine rings is 1. The van der Waals surface area contributed by atoms with Gasteiger partial charge < -0.3 is 4.74 Å². The van der Waals surface area contributed by atoms with Gasteiger partial charge in [-0.25, -0.2) is 4.98 Å². The molecular formula is C13H12N2O. The van der Waals surface area contributed by atoms with Crippen LogP contribution in [0.1, 0.15) is 5.56 Å². The molecule has 3 nitrogen and oxygen atoms in total. The van der Waals surface area contributed by atoms with Crippen LogP contribution < -0.4 is 4.74 Å². The molecule has 0 aliphatic carbocycles. The molecule has 3 rings (SSSR count). The van der Waals surface area contributed by atoms with Gasteiger partial charge in [-0.1, -0.05) is 6.07 Å². The van der Waals surface area contributed by atoms with Crippen molar-refractivity contribution in [1.82, 2.24) is 9.38 Å². The van der Waals surface area contributed by atoms with Gasteiger partial charge in [0.05, 0.1) is 24.3 Å². The van der Waals surface area contributed by atoms with Gasteiger partial charge in [0.1, 0.15) is 11.4 Å². The van der Waals surface area contributed by atoms with Gasteiger partial charge in [0.25, 0.3) is 0 Å². The van der Waals surface area contributed by atoms with Crippen molar-refractivity contribution >= 4 is 16.7 Å². The van der Waals surface area contributed by atoms with E-state index in [2.05, 4.69) is 28.4 Å². The lowest BCUT2D eigenvalue weighted by atomic mass is 10.2. The normalized spacial score (nSPS) is 11.1.